The maximum atomic E-state index is 12.6. The molecule has 1 amide bonds. The number of benzene rings is 2. The molecule has 0 radical (unpaired) electrons. The van der Waals surface area contributed by atoms with Crippen molar-refractivity contribution in [2.45, 2.75) is 19.8 Å². The summed E-state index contributed by atoms with van der Waals surface area (Å²) in [5, 5.41) is 2.89. The average Bonchev–Trinajstić information content (AvgIpc) is 3.01. The summed E-state index contributed by atoms with van der Waals surface area (Å²) >= 11 is 0. The third-order valence-electron chi connectivity index (χ3n) is 4.66. The lowest BCUT2D eigenvalue weighted by atomic mass is 10.0. The van der Waals surface area contributed by atoms with Gasteiger partial charge in [0, 0.05) is 12.5 Å². The number of carbonyl (C=O) groups is 1. The number of hydrogen-bond acceptors (Lipinski definition) is 4. The molecule has 144 valence electrons. The van der Waals surface area contributed by atoms with E-state index >= 15 is 0 Å². The number of nitrogens with zero attached hydrogens (tertiary/aromatic N) is 1. The molecular formula is C20H24N2O4S. The molecular weight excluding hydrogens is 364 g/mol. The fraction of sp³-hybridized carbons (Fsp3) is 0.350. The van der Waals surface area contributed by atoms with E-state index in [-0.39, 0.29) is 17.6 Å². The predicted molar refractivity (Wildman–Crippen MR) is 107 cm³/mol. The molecule has 0 bridgehead atoms. The molecule has 1 fully saturated rings. The van der Waals surface area contributed by atoms with Gasteiger partial charge in [0.05, 0.1) is 24.2 Å². The Hall–Kier alpha value is -2.54. The largest absolute Gasteiger partial charge is 0.495 e. The molecule has 27 heavy (non-hydrogen) atoms. The van der Waals surface area contributed by atoms with Gasteiger partial charge in [-0.1, -0.05) is 37.3 Å². The number of carbonyl (C=O) groups excluding carboxylic acids is 1. The zero-order valence-electron chi connectivity index (χ0n) is 15.5. The van der Waals surface area contributed by atoms with Crippen molar-refractivity contribution in [1.29, 1.82) is 0 Å². The maximum absolute atomic E-state index is 12.6. The maximum Gasteiger partial charge on any atom is 0.235 e. The van der Waals surface area contributed by atoms with Crippen LogP contribution in [0.25, 0.3) is 0 Å². The highest BCUT2D eigenvalue weighted by Crippen LogP contribution is 2.33. The molecule has 0 aromatic heterocycles. The van der Waals surface area contributed by atoms with Crippen molar-refractivity contribution in [1.82, 2.24) is 0 Å². The summed E-state index contributed by atoms with van der Waals surface area (Å²) < 4.78 is 31.1. The summed E-state index contributed by atoms with van der Waals surface area (Å²) in [6, 6.07) is 14.9. The number of hydrogen-bond donors (Lipinski definition) is 1. The number of amides is 1. The third kappa shape index (κ3) is 4.42. The number of sulfonamides is 1. The molecule has 1 atom stereocenters. The first-order valence-electron chi connectivity index (χ1n) is 8.94. The van der Waals surface area contributed by atoms with Crippen LogP contribution in [0.15, 0.2) is 48.5 Å². The van der Waals surface area contributed by atoms with Crippen molar-refractivity contribution in [2.24, 2.45) is 5.92 Å². The van der Waals surface area contributed by atoms with Crippen LogP contribution in [0.3, 0.4) is 0 Å². The fourth-order valence-corrected chi connectivity index (χ4v) is 4.75. The zero-order chi connectivity index (χ0) is 19.4. The summed E-state index contributed by atoms with van der Waals surface area (Å²) in [5.74, 6) is 0.264. The van der Waals surface area contributed by atoms with Crippen LogP contribution >= 0.6 is 0 Å². The Bertz CT molecular complexity index is 913. The van der Waals surface area contributed by atoms with Crippen LogP contribution < -0.4 is 14.4 Å². The van der Waals surface area contributed by atoms with Gasteiger partial charge in [-0.15, -0.1) is 0 Å². The molecule has 6 nitrogen and oxygen atoms in total. The second-order valence-electron chi connectivity index (χ2n) is 6.71. The number of anilines is 2. The Morgan fingerprint density at radius 2 is 1.96 bits per heavy atom. The van der Waals surface area contributed by atoms with E-state index < -0.39 is 10.0 Å². The quantitative estimate of drug-likeness (QED) is 0.825. The molecule has 0 aliphatic carbocycles. The number of ether oxygens (including phenoxy) is 1. The van der Waals surface area contributed by atoms with E-state index in [9.17, 15) is 13.2 Å². The smallest absolute Gasteiger partial charge is 0.235 e. The molecule has 1 heterocycles. The molecule has 1 saturated heterocycles. The highest BCUT2D eigenvalue weighted by molar-refractivity contribution is 7.93. The topological polar surface area (TPSA) is 75.7 Å². The lowest BCUT2D eigenvalue weighted by Gasteiger charge is -2.20. The van der Waals surface area contributed by atoms with Crippen molar-refractivity contribution in [3.8, 4) is 5.75 Å². The molecule has 1 unspecified atom stereocenters. The van der Waals surface area contributed by atoms with Gasteiger partial charge >= 0.3 is 0 Å². The van der Waals surface area contributed by atoms with Crippen molar-refractivity contribution in [2.75, 3.05) is 29.0 Å². The van der Waals surface area contributed by atoms with Gasteiger partial charge in [0.25, 0.3) is 0 Å². The lowest BCUT2D eigenvalue weighted by molar-refractivity contribution is -0.119. The molecule has 7 heteroatoms. The molecule has 3 rings (SSSR count). The van der Waals surface area contributed by atoms with Gasteiger partial charge in [-0.05, 0) is 36.6 Å². The Labute approximate surface area is 160 Å². The van der Waals surface area contributed by atoms with Gasteiger partial charge in [-0.2, -0.15) is 0 Å². The van der Waals surface area contributed by atoms with Crippen molar-refractivity contribution in [3.05, 3.63) is 54.1 Å². The van der Waals surface area contributed by atoms with E-state index in [1.807, 2.05) is 37.3 Å². The van der Waals surface area contributed by atoms with E-state index in [1.165, 1.54) is 11.4 Å². The standard InChI is InChI=1S/C20H24N2O4S/c1-15(13-16-7-4-3-5-8-16)20(23)21-18-14-17(9-10-19(18)26-2)22-11-6-12-27(22,24)25/h3-5,7-10,14-15H,6,11-13H2,1-2H3,(H,21,23). The van der Waals surface area contributed by atoms with E-state index in [0.29, 0.717) is 36.5 Å². The summed E-state index contributed by atoms with van der Waals surface area (Å²) in [4.78, 5) is 12.6. The van der Waals surface area contributed by atoms with Crippen LogP contribution in [0.4, 0.5) is 11.4 Å². The van der Waals surface area contributed by atoms with Gasteiger partial charge in [0.2, 0.25) is 15.9 Å². The molecule has 2 aromatic carbocycles. The first-order chi connectivity index (χ1) is 12.9. The molecule has 1 aliphatic heterocycles. The number of nitrogens with one attached hydrogen (secondary N) is 1. The number of rotatable bonds is 6. The Kier molecular flexibility index (Phi) is 5.70. The first kappa shape index (κ1) is 19.2. The second kappa shape index (κ2) is 8.00. The summed E-state index contributed by atoms with van der Waals surface area (Å²) in [7, 11) is -1.76. The molecule has 1 aliphatic rings. The van der Waals surface area contributed by atoms with Crippen LogP contribution in [0, 0.1) is 5.92 Å². The molecule has 0 saturated carbocycles. The Balaban J connectivity index is 1.78. The Morgan fingerprint density at radius 1 is 1.22 bits per heavy atom. The van der Waals surface area contributed by atoms with E-state index in [1.54, 1.807) is 18.2 Å². The van der Waals surface area contributed by atoms with Gasteiger partial charge in [-0.3, -0.25) is 9.10 Å². The van der Waals surface area contributed by atoms with Crippen LogP contribution in [-0.2, 0) is 21.2 Å². The average molecular weight is 388 g/mol. The monoisotopic (exact) mass is 388 g/mol. The lowest BCUT2D eigenvalue weighted by Crippen LogP contribution is -2.26. The second-order valence-corrected chi connectivity index (χ2v) is 8.72. The van der Waals surface area contributed by atoms with Crippen molar-refractivity contribution < 1.29 is 17.9 Å². The van der Waals surface area contributed by atoms with Gasteiger partial charge in [0.15, 0.2) is 0 Å². The van der Waals surface area contributed by atoms with Crippen molar-refractivity contribution in [3.63, 3.8) is 0 Å². The van der Waals surface area contributed by atoms with Crippen LogP contribution in [0.5, 0.6) is 5.75 Å². The normalized spacial score (nSPS) is 16.7. The SMILES string of the molecule is COc1ccc(N2CCCS2(=O)=O)cc1NC(=O)C(C)Cc1ccccc1. The number of methoxy groups -OCH3 is 1. The molecule has 1 N–H and O–H groups in total. The molecule has 2 aromatic rings. The highest BCUT2D eigenvalue weighted by atomic mass is 32.2. The molecule has 0 spiro atoms. The van der Waals surface area contributed by atoms with Gasteiger partial charge in [0.1, 0.15) is 5.75 Å². The minimum absolute atomic E-state index is 0.140. The highest BCUT2D eigenvalue weighted by Gasteiger charge is 2.29. The fourth-order valence-electron chi connectivity index (χ4n) is 3.19. The minimum atomic E-state index is -3.28. The Morgan fingerprint density at radius 3 is 2.59 bits per heavy atom. The van der Waals surface area contributed by atoms with Crippen LogP contribution in [-0.4, -0.2) is 33.7 Å². The third-order valence-corrected chi connectivity index (χ3v) is 6.53. The summed E-state index contributed by atoms with van der Waals surface area (Å²) in [6.45, 7) is 2.32. The van der Waals surface area contributed by atoms with Crippen molar-refractivity contribution >= 4 is 27.3 Å². The summed E-state index contributed by atoms with van der Waals surface area (Å²) in [6.07, 6.45) is 1.22. The van der Waals surface area contributed by atoms with Gasteiger partial charge in [-0.25, -0.2) is 8.42 Å². The van der Waals surface area contributed by atoms with Gasteiger partial charge < -0.3 is 10.1 Å². The van der Waals surface area contributed by atoms with Crippen LogP contribution in [0.1, 0.15) is 18.9 Å². The summed E-state index contributed by atoms with van der Waals surface area (Å²) in [5.41, 5.74) is 2.10. The predicted octanol–water partition coefficient (Wildman–Crippen LogP) is 3.05. The zero-order valence-corrected chi connectivity index (χ0v) is 16.3. The van der Waals surface area contributed by atoms with E-state index in [2.05, 4.69) is 5.32 Å². The van der Waals surface area contributed by atoms with Crippen LogP contribution in [0.2, 0.25) is 0 Å². The van der Waals surface area contributed by atoms with E-state index in [0.717, 1.165) is 5.56 Å². The van der Waals surface area contributed by atoms with E-state index in [4.69, 9.17) is 4.74 Å². The first-order valence-corrected chi connectivity index (χ1v) is 10.5. The minimum Gasteiger partial charge on any atom is -0.495 e.